The van der Waals surface area contributed by atoms with Gasteiger partial charge in [0.15, 0.2) is 5.78 Å². The minimum atomic E-state index is -0.481. The Morgan fingerprint density at radius 2 is 1.97 bits per heavy atom. The zero-order valence-electron chi connectivity index (χ0n) is 19.9. The van der Waals surface area contributed by atoms with Gasteiger partial charge in [0.2, 0.25) is 11.8 Å². The third-order valence-corrected chi connectivity index (χ3v) is 6.07. The highest BCUT2D eigenvalue weighted by Crippen LogP contribution is 2.41. The number of fused-ring (bicyclic) bond motifs is 1. The molecule has 182 valence electrons. The third-order valence-electron chi connectivity index (χ3n) is 6.07. The van der Waals surface area contributed by atoms with Crippen LogP contribution in [0.1, 0.15) is 36.5 Å². The number of Topliss-reactive ketones (excluding diaryl/α,β-unsaturated/α-hetero) is 1. The number of carbonyl (C=O) groups is 4. The number of hydrogen-bond donors (Lipinski definition) is 1. The summed E-state index contributed by atoms with van der Waals surface area (Å²) in [5, 5.41) is 2.85. The summed E-state index contributed by atoms with van der Waals surface area (Å²) in [5.41, 5.74) is 1.71. The molecule has 2 unspecified atom stereocenters. The molecule has 2 amide bonds. The maximum atomic E-state index is 12.7. The van der Waals surface area contributed by atoms with Crippen LogP contribution in [0.4, 0.5) is 0 Å². The van der Waals surface area contributed by atoms with E-state index in [1.807, 2.05) is 6.08 Å². The molecule has 1 N–H and O–H groups in total. The van der Waals surface area contributed by atoms with Crippen molar-refractivity contribution in [2.45, 2.75) is 26.2 Å². The number of carbonyl (C=O) groups excluding carboxylic acids is 4. The fraction of sp³-hybridized carbons (Fsp3) is 0.440. The molecular weight excluding hydrogens is 440 g/mol. The molecular formula is C25H30N2O7. The van der Waals surface area contributed by atoms with Gasteiger partial charge >= 0.3 is 5.97 Å². The summed E-state index contributed by atoms with van der Waals surface area (Å²) < 4.78 is 15.8. The second-order valence-corrected chi connectivity index (χ2v) is 8.27. The number of esters is 1. The second kappa shape index (κ2) is 11.0. The Morgan fingerprint density at radius 3 is 2.65 bits per heavy atom. The summed E-state index contributed by atoms with van der Waals surface area (Å²) in [5.74, 6) is -0.601. The lowest BCUT2D eigenvalue weighted by atomic mass is 9.82. The lowest BCUT2D eigenvalue weighted by Gasteiger charge is -2.32. The van der Waals surface area contributed by atoms with Crippen molar-refractivity contribution in [3.05, 3.63) is 47.2 Å². The minimum Gasteiger partial charge on any atom is -0.497 e. The molecule has 1 aliphatic heterocycles. The molecule has 0 saturated carbocycles. The molecule has 0 saturated heterocycles. The lowest BCUT2D eigenvalue weighted by molar-refractivity contribution is -0.139. The van der Waals surface area contributed by atoms with Gasteiger partial charge in [-0.3, -0.25) is 14.4 Å². The van der Waals surface area contributed by atoms with Crippen LogP contribution in [0.2, 0.25) is 0 Å². The monoisotopic (exact) mass is 470 g/mol. The Hall–Kier alpha value is -3.62. The van der Waals surface area contributed by atoms with Gasteiger partial charge in [-0.15, -0.1) is 0 Å². The van der Waals surface area contributed by atoms with Crippen LogP contribution in [-0.2, 0) is 19.1 Å². The summed E-state index contributed by atoms with van der Waals surface area (Å²) in [4.78, 5) is 50.4. The van der Waals surface area contributed by atoms with E-state index in [9.17, 15) is 19.2 Å². The number of methoxy groups -OCH3 is 2. The fourth-order valence-corrected chi connectivity index (χ4v) is 4.27. The molecule has 0 aromatic heterocycles. The molecule has 1 heterocycles. The quantitative estimate of drug-likeness (QED) is 0.242. The summed E-state index contributed by atoms with van der Waals surface area (Å²) >= 11 is 0. The average Bonchev–Trinajstić information content (AvgIpc) is 3.26. The van der Waals surface area contributed by atoms with E-state index in [0.29, 0.717) is 35.5 Å². The van der Waals surface area contributed by atoms with Gasteiger partial charge < -0.3 is 24.4 Å². The first-order chi connectivity index (χ1) is 16.3. The molecule has 1 aliphatic carbocycles. The molecule has 0 bridgehead atoms. The molecule has 3 rings (SSSR count). The van der Waals surface area contributed by atoms with Gasteiger partial charge in [-0.25, -0.2) is 4.79 Å². The number of benzene rings is 1. The van der Waals surface area contributed by atoms with E-state index >= 15 is 0 Å². The highest BCUT2D eigenvalue weighted by Gasteiger charge is 2.44. The van der Waals surface area contributed by atoms with Crippen LogP contribution >= 0.6 is 0 Å². The first-order valence-corrected chi connectivity index (χ1v) is 11.1. The smallest absolute Gasteiger partial charge is 0.335 e. The van der Waals surface area contributed by atoms with Crippen LogP contribution in [0.25, 0.3) is 0 Å². The minimum absolute atomic E-state index is 0.108. The van der Waals surface area contributed by atoms with Crippen LogP contribution in [0.3, 0.4) is 0 Å². The predicted octanol–water partition coefficient (Wildman–Crippen LogP) is 2.26. The highest BCUT2D eigenvalue weighted by molar-refractivity contribution is 5.97. The van der Waals surface area contributed by atoms with Crippen molar-refractivity contribution >= 4 is 23.6 Å². The second-order valence-electron chi connectivity index (χ2n) is 8.27. The molecule has 2 aliphatic rings. The van der Waals surface area contributed by atoms with E-state index in [0.717, 1.165) is 5.57 Å². The van der Waals surface area contributed by atoms with Crippen molar-refractivity contribution in [1.29, 1.82) is 0 Å². The van der Waals surface area contributed by atoms with Crippen molar-refractivity contribution in [3.8, 4) is 11.5 Å². The van der Waals surface area contributed by atoms with Crippen LogP contribution in [0.5, 0.6) is 11.5 Å². The van der Waals surface area contributed by atoms with Crippen molar-refractivity contribution in [3.63, 3.8) is 0 Å². The molecule has 1 aromatic carbocycles. The highest BCUT2D eigenvalue weighted by atomic mass is 16.5. The zero-order chi connectivity index (χ0) is 24.8. The molecule has 0 spiro atoms. The van der Waals surface area contributed by atoms with E-state index < -0.39 is 11.9 Å². The summed E-state index contributed by atoms with van der Waals surface area (Å²) in [7, 11) is 4.46. The zero-order valence-corrected chi connectivity index (χ0v) is 19.9. The third kappa shape index (κ3) is 5.47. The Balaban J connectivity index is 1.49. The molecule has 34 heavy (non-hydrogen) atoms. The Kier molecular flexibility index (Phi) is 8.09. The van der Waals surface area contributed by atoms with E-state index in [1.165, 1.54) is 32.2 Å². The molecule has 2 atom stereocenters. The number of nitrogens with one attached hydrogen (secondary N) is 1. The first-order valence-electron chi connectivity index (χ1n) is 11.1. The van der Waals surface area contributed by atoms with Gasteiger partial charge in [-0.1, -0.05) is 6.08 Å². The number of hydrogen-bond acceptors (Lipinski definition) is 7. The number of amides is 2. The van der Waals surface area contributed by atoms with Crippen LogP contribution < -0.4 is 14.8 Å². The summed E-state index contributed by atoms with van der Waals surface area (Å²) in [6.45, 7) is 1.95. The van der Waals surface area contributed by atoms with Crippen molar-refractivity contribution in [1.82, 2.24) is 10.2 Å². The number of nitrogens with zero attached hydrogens (tertiary/aromatic N) is 1. The molecule has 9 nitrogen and oxygen atoms in total. The van der Waals surface area contributed by atoms with E-state index in [-0.39, 0.29) is 43.1 Å². The normalized spacial score (nSPS) is 19.1. The molecule has 9 heteroatoms. The van der Waals surface area contributed by atoms with Crippen molar-refractivity contribution in [2.75, 3.05) is 34.4 Å². The van der Waals surface area contributed by atoms with E-state index in [4.69, 9.17) is 14.2 Å². The van der Waals surface area contributed by atoms with Gasteiger partial charge in [-0.2, -0.15) is 0 Å². The standard InChI is InChI=1S/C25H30N2O7/c1-15(28)18-10-8-17(32-3)12-21(18)34-11-5-6-22(29)26-13-16-7-9-19-20(25(31)33-4)14-27(2)24(30)23(16)19/h7-8,10,12,14,19,23H,5-6,9,11,13H2,1-4H3,(H,26,29). The lowest BCUT2D eigenvalue weighted by Crippen LogP contribution is -2.41. The molecule has 0 fully saturated rings. The largest absolute Gasteiger partial charge is 0.497 e. The summed E-state index contributed by atoms with van der Waals surface area (Å²) in [6, 6.07) is 4.99. The SMILES string of the molecule is COC(=O)C1=CN(C)C(=O)C2C(CNC(=O)CCCOc3cc(OC)ccc3C(C)=O)=CCC12. The van der Waals surface area contributed by atoms with Gasteiger partial charge in [0.1, 0.15) is 11.5 Å². The number of ketones is 1. The number of allylic oxidation sites excluding steroid dienone is 1. The average molecular weight is 471 g/mol. The Bertz CT molecular complexity index is 1040. The topological polar surface area (TPSA) is 111 Å². The van der Waals surface area contributed by atoms with Crippen LogP contribution in [-0.4, -0.2) is 62.9 Å². The first kappa shape index (κ1) is 25.0. The van der Waals surface area contributed by atoms with Crippen molar-refractivity contribution < 1.29 is 33.4 Å². The van der Waals surface area contributed by atoms with Gasteiger partial charge in [0.25, 0.3) is 0 Å². The van der Waals surface area contributed by atoms with Crippen molar-refractivity contribution in [2.24, 2.45) is 11.8 Å². The molecule has 1 aromatic rings. The predicted molar refractivity (Wildman–Crippen MR) is 123 cm³/mol. The Labute approximate surface area is 198 Å². The maximum absolute atomic E-state index is 12.7. The summed E-state index contributed by atoms with van der Waals surface area (Å²) in [6.07, 6.45) is 4.66. The van der Waals surface area contributed by atoms with Gasteiger partial charge in [0.05, 0.1) is 37.9 Å². The maximum Gasteiger partial charge on any atom is 0.335 e. The number of rotatable bonds is 10. The van der Waals surface area contributed by atoms with E-state index in [1.54, 1.807) is 25.2 Å². The van der Waals surface area contributed by atoms with Crippen LogP contribution in [0, 0.1) is 11.8 Å². The fourth-order valence-electron chi connectivity index (χ4n) is 4.27. The van der Waals surface area contributed by atoms with Gasteiger partial charge in [0, 0.05) is 38.2 Å². The van der Waals surface area contributed by atoms with Crippen LogP contribution in [0.15, 0.2) is 41.6 Å². The van der Waals surface area contributed by atoms with Gasteiger partial charge in [-0.05, 0) is 37.5 Å². The van der Waals surface area contributed by atoms with E-state index in [2.05, 4.69) is 5.32 Å². The Morgan fingerprint density at radius 1 is 1.21 bits per heavy atom. The number of ether oxygens (including phenoxy) is 3. The molecule has 0 radical (unpaired) electrons.